The van der Waals surface area contributed by atoms with E-state index in [1.54, 1.807) is 13.2 Å². The number of nitrogens with zero attached hydrogens (tertiary/aromatic N) is 1. The molecule has 0 saturated heterocycles. The number of ether oxygens (including phenoxy) is 1. The maximum absolute atomic E-state index is 9.86. The number of hydrogen-bond donors (Lipinski definition) is 1. The van der Waals surface area contributed by atoms with Gasteiger partial charge in [0.2, 0.25) is 0 Å². The van der Waals surface area contributed by atoms with Crippen molar-refractivity contribution >= 4 is 5.69 Å². The minimum absolute atomic E-state index is 0.202. The Kier molecular flexibility index (Phi) is 3.26. The molecule has 1 heterocycles. The molecule has 104 valence electrons. The van der Waals surface area contributed by atoms with Crippen molar-refractivity contribution in [2.24, 2.45) is 0 Å². The molecule has 0 unspecified atom stereocenters. The molecule has 3 heteroatoms. The van der Waals surface area contributed by atoms with Gasteiger partial charge >= 0.3 is 0 Å². The van der Waals surface area contributed by atoms with Gasteiger partial charge in [0.25, 0.3) is 0 Å². The van der Waals surface area contributed by atoms with Crippen molar-refractivity contribution in [3.05, 3.63) is 53.1 Å². The number of fused-ring (bicyclic) bond motifs is 1. The predicted octanol–water partition coefficient (Wildman–Crippen LogP) is 3.27. The molecule has 1 aliphatic rings. The van der Waals surface area contributed by atoms with Crippen molar-refractivity contribution in [1.29, 1.82) is 0 Å². The largest absolute Gasteiger partial charge is 0.504 e. The van der Waals surface area contributed by atoms with Crippen LogP contribution in [-0.4, -0.2) is 18.8 Å². The van der Waals surface area contributed by atoms with E-state index < -0.39 is 0 Å². The number of benzene rings is 2. The van der Waals surface area contributed by atoms with Gasteiger partial charge in [-0.1, -0.05) is 18.2 Å². The molecule has 0 amide bonds. The van der Waals surface area contributed by atoms with Crippen LogP contribution in [0.1, 0.15) is 16.7 Å². The van der Waals surface area contributed by atoms with Crippen molar-refractivity contribution in [2.45, 2.75) is 19.9 Å². The average Bonchev–Trinajstić information content (AvgIpc) is 2.84. The Balaban J connectivity index is 1.84. The Morgan fingerprint density at radius 1 is 1.25 bits per heavy atom. The topological polar surface area (TPSA) is 32.7 Å². The highest BCUT2D eigenvalue weighted by molar-refractivity contribution is 5.61. The quantitative estimate of drug-likeness (QED) is 0.928. The molecule has 3 nitrogen and oxygen atoms in total. The zero-order chi connectivity index (χ0) is 14.1. The molecular formula is C17H19NO2. The molecule has 1 N–H and O–H groups in total. The van der Waals surface area contributed by atoms with Crippen LogP contribution in [0.4, 0.5) is 5.69 Å². The summed E-state index contributed by atoms with van der Waals surface area (Å²) in [7, 11) is 1.56. The van der Waals surface area contributed by atoms with Crippen molar-refractivity contribution in [3.8, 4) is 11.5 Å². The number of phenolic OH excluding ortho intramolecular Hbond substituents is 1. The molecule has 0 spiro atoms. The lowest BCUT2D eigenvalue weighted by atomic mass is 10.1. The Labute approximate surface area is 119 Å². The Morgan fingerprint density at radius 3 is 2.85 bits per heavy atom. The highest BCUT2D eigenvalue weighted by Crippen LogP contribution is 2.33. The summed E-state index contributed by atoms with van der Waals surface area (Å²) in [5.41, 5.74) is 5.23. The van der Waals surface area contributed by atoms with Gasteiger partial charge in [-0.15, -0.1) is 0 Å². The van der Waals surface area contributed by atoms with E-state index in [9.17, 15) is 5.11 Å². The lowest BCUT2D eigenvalue weighted by molar-refractivity contribution is 0.373. The van der Waals surface area contributed by atoms with Crippen LogP contribution in [-0.2, 0) is 13.0 Å². The fourth-order valence-corrected chi connectivity index (χ4v) is 2.89. The molecule has 0 radical (unpaired) electrons. The van der Waals surface area contributed by atoms with Crippen LogP contribution in [0.5, 0.6) is 11.5 Å². The first kappa shape index (κ1) is 12.9. The summed E-state index contributed by atoms with van der Waals surface area (Å²) >= 11 is 0. The third kappa shape index (κ3) is 2.20. The van der Waals surface area contributed by atoms with E-state index in [0.29, 0.717) is 5.75 Å². The van der Waals surface area contributed by atoms with Crippen LogP contribution < -0.4 is 9.64 Å². The fraction of sp³-hybridized carbons (Fsp3) is 0.294. The van der Waals surface area contributed by atoms with Gasteiger partial charge in [0, 0.05) is 18.8 Å². The number of aryl methyl sites for hydroxylation is 1. The molecule has 20 heavy (non-hydrogen) atoms. The highest BCUT2D eigenvalue weighted by atomic mass is 16.5. The van der Waals surface area contributed by atoms with Crippen LogP contribution in [0.2, 0.25) is 0 Å². The Hall–Kier alpha value is -2.16. The maximum Gasteiger partial charge on any atom is 0.160 e. The fourth-order valence-electron chi connectivity index (χ4n) is 2.89. The van der Waals surface area contributed by atoms with Crippen LogP contribution in [0.3, 0.4) is 0 Å². The second-order valence-electron chi connectivity index (χ2n) is 5.25. The molecule has 0 fully saturated rings. The lowest BCUT2D eigenvalue weighted by Gasteiger charge is -2.20. The van der Waals surface area contributed by atoms with E-state index in [1.807, 2.05) is 12.1 Å². The smallest absolute Gasteiger partial charge is 0.160 e. The van der Waals surface area contributed by atoms with Gasteiger partial charge in [-0.05, 0) is 48.2 Å². The molecule has 0 aliphatic carbocycles. The monoisotopic (exact) mass is 269 g/mol. The van der Waals surface area contributed by atoms with Crippen LogP contribution in [0.15, 0.2) is 36.4 Å². The number of methoxy groups -OCH3 is 1. The van der Waals surface area contributed by atoms with Crippen LogP contribution in [0, 0.1) is 6.92 Å². The number of aromatic hydroxyl groups is 1. The highest BCUT2D eigenvalue weighted by Gasteiger charge is 2.20. The summed E-state index contributed by atoms with van der Waals surface area (Å²) in [5, 5.41) is 9.86. The van der Waals surface area contributed by atoms with Crippen LogP contribution >= 0.6 is 0 Å². The van der Waals surface area contributed by atoms with E-state index in [4.69, 9.17) is 4.74 Å². The Morgan fingerprint density at radius 2 is 2.10 bits per heavy atom. The number of anilines is 1. The standard InChI is InChI=1S/C17H19NO2/c1-12-4-3-5-15-14(12)8-9-18(15)11-13-6-7-17(20-2)16(19)10-13/h3-7,10,19H,8-9,11H2,1-2H3. The summed E-state index contributed by atoms with van der Waals surface area (Å²) in [6, 6.07) is 12.1. The molecule has 0 bridgehead atoms. The minimum Gasteiger partial charge on any atom is -0.504 e. The first-order chi connectivity index (χ1) is 9.69. The van der Waals surface area contributed by atoms with Gasteiger partial charge in [0.05, 0.1) is 7.11 Å². The van der Waals surface area contributed by atoms with E-state index >= 15 is 0 Å². The summed E-state index contributed by atoms with van der Waals surface area (Å²) in [6.45, 7) is 4.02. The number of phenols is 1. The first-order valence-corrected chi connectivity index (χ1v) is 6.88. The molecule has 2 aromatic rings. The summed E-state index contributed by atoms with van der Waals surface area (Å²) in [6.07, 6.45) is 1.10. The van der Waals surface area contributed by atoms with Gasteiger partial charge < -0.3 is 14.7 Å². The SMILES string of the molecule is COc1ccc(CN2CCc3c(C)cccc32)cc1O. The van der Waals surface area contributed by atoms with Gasteiger partial charge in [-0.2, -0.15) is 0 Å². The van der Waals surface area contributed by atoms with E-state index in [-0.39, 0.29) is 5.75 Å². The maximum atomic E-state index is 9.86. The first-order valence-electron chi connectivity index (χ1n) is 6.88. The summed E-state index contributed by atoms with van der Waals surface area (Å²) in [4.78, 5) is 2.36. The number of rotatable bonds is 3. The third-order valence-corrected chi connectivity index (χ3v) is 3.97. The molecule has 2 aromatic carbocycles. The van der Waals surface area contributed by atoms with Crippen LogP contribution in [0.25, 0.3) is 0 Å². The van der Waals surface area contributed by atoms with Crippen molar-refractivity contribution < 1.29 is 9.84 Å². The zero-order valence-corrected chi connectivity index (χ0v) is 11.9. The normalized spacial score (nSPS) is 13.4. The van der Waals surface area contributed by atoms with Gasteiger partial charge in [0.15, 0.2) is 11.5 Å². The predicted molar refractivity (Wildman–Crippen MR) is 80.6 cm³/mol. The summed E-state index contributed by atoms with van der Waals surface area (Å²) < 4.78 is 5.08. The lowest BCUT2D eigenvalue weighted by Crippen LogP contribution is -2.19. The molecule has 1 aliphatic heterocycles. The zero-order valence-electron chi connectivity index (χ0n) is 11.9. The average molecular weight is 269 g/mol. The molecular weight excluding hydrogens is 250 g/mol. The van der Waals surface area contributed by atoms with Crippen molar-refractivity contribution in [3.63, 3.8) is 0 Å². The van der Waals surface area contributed by atoms with Crippen molar-refractivity contribution in [2.75, 3.05) is 18.6 Å². The van der Waals surface area contributed by atoms with E-state index in [1.165, 1.54) is 16.8 Å². The van der Waals surface area contributed by atoms with Gasteiger partial charge in [0.1, 0.15) is 0 Å². The second-order valence-corrected chi connectivity index (χ2v) is 5.25. The van der Waals surface area contributed by atoms with Gasteiger partial charge in [-0.3, -0.25) is 0 Å². The van der Waals surface area contributed by atoms with E-state index in [0.717, 1.165) is 25.1 Å². The molecule has 0 atom stereocenters. The van der Waals surface area contributed by atoms with Gasteiger partial charge in [-0.25, -0.2) is 0 Å². The third-order valence-electron chi connectivity index (χ3n) is 3.97. The molecule has 3 rings (SSSR count). The summed E-state index contributed by atoms with van der Waals surface area (Å²) in [5.74, 6) is 0.722. The second kappa shape index (κ2) is 5.08. The van der Waals surface area contributed by atoms with E-state index in [2.05, 4.69) is 30.0 Å². The Bertz CT molecular complexity index is 637. The minimum atomic E-state index is 0.202. The molecule has 0 saturated carbocycles. The number of hydrogen-bond acceptors (Lipinski definition) is 3. The van der Waals surface area contributed by atoms with Crippen molar-refractivity contribution in [1.82, 2.24) is 0 Å². The molecule has 0 aromatic heterocycles.